The lowest BCUT2D eigenvalue weighted by Gasteiger charge is -2.31. The predicted octanol–water partition coefficient (Wildman–Crippen LogP) is -0.672. The summed E-state index contributed by atoms with van der Waals surface area (Å²) in [4.78, 5) is 0. The van der Waals surface area contributed by atoms with Gasteiger partial charge in [0.05, 0.1) is 25.4 Å². The molecule has 0 saturated carbocycles. The van der Waals surface area contributed by atoms with Crippen LogP contribution in [0.15, 0.2) is 0 Å². The summed E-state index contributed by atoms with van der Waals surface area (Å²) in [6, 6.07) is 0. The Balaban J connectivity index is 4.37. The molecular formula is C10H22O5. The molecule has 0 radical (unpaired) electrons. The van der Waals surface area contributed by atoms with E-state index in [9.17, 15) is 15.3 Å². The third-order valence-corrected chi connectivity index (χ3v) is 2.37. The van der Waals surface area contributed by atoms with Gasteiger partial charge in [-0.2, -0.15) is 0 Å². The van der Waals surface area contributed by atoms with Crippen molar-refractivity contribution in [2.24, 2.45) is 11.8 Å². The highest BCUT2D eigenvalue weighted by Crippen LogP contribution is 2.22. The molecule has 5 nitrogen and oxygen atoms in total. The topological polar surface area (TPSA) is 90.2 Å². The molecule has 0 aromatic rings. The SMILES string of the molecule is CC(C)C(C(O)OCCO)C(O)C(C)O. The van der Waals surface area contributed by atoms with Gasteiger partial charge in [0.25, 0.3) is 0 Å². The zero-order chi connectivity index (χ0) is 12.0. The van der Waals surface area contributed by atoms with Crippen molar-refractivity contribution in [2.75, 3.05) is 13.2 Å². The molecule has 92 valence electrons. The molecule has 0 heterocycles. The van der Waals surface area contributed by atoms with Gasteiger partial charge in [-0.05, 0) is 12.8 Å². The van der Waals surface area contributed by atoms with E-state index >= 15 is 0 Å². The van der Waals surface area contributed by atoms with Gasteiger partial charge in [-0.3, -0.25) is 0 Å². The molecule has 4 N–H and O–H groups in total. The Morgan fingerprint density at radius 1 is 1.07 bits per heavy atom. The van der Waals surface area contributed by atoms with Gasteiger partial charge < -0.3 is 25.2 Å². The standard InChI is InChI=1S/C10H22O5/c1-6(2)8(9(13)7(3)12)10(14)15-5-4-11/h6-14H,4-5H2,1-3H3. The molecule has 5 heteroatoms. The van der Waals surface area contributed by atoms with E-state index < -0.39 is 24.4 Å². The Morgan fingerprint density at radius 3 is 1.93 bits per heavy atom. The lowest BCUT2D eigenvalue weighted by molar-refractivity contribution is -0.185. The van der Waals surface area contributed by atoms with Gasteiger partial charge in [-0.15, -0.1) is 0 Å². The van der Waals surface area contributed by atoms with Gasteiger partial charge >= 0.3 is 0 Å². The summed E-state index contributed by atoms with van der Waals surface area (Å²) in [6.07, 6.45) is -3.15. The average molecular weight is 222 g/mol. The molecule has 0 amide bonds. The highest BCUT2D eigenvalue weighted by Gasteiger charge is 2.33. The molecule has 0 fully saturated rings. The van der Waals surface area contributed by atoms with E-state index in [0.29, 0.717) is 0 Å². The molecule has 0 aromatic heterocycles. The highest BCUT2D eigenvalue weighted by molar-refractivity contribution is 4.78. The van der Waals surface area contributed by atoms with Gasteiger partial charge in [0, 0.05) is 5.92 Å². The first kappa shape index (κ1) is 14.8. The van der Waals surface area contributed by atoms with E-state index in [0.717, 1.165) is 0 Å². The Hall–Kier alpha value is -0.200. The van der Waals surface area contributed by atoms with Crippen LogP contribution in [0.1, 0.15) is 20.8 Å². The zero-order valence-electron chi connectivity index (χ0n) is 9.50. The van der Waals surface area contributed by atoms with Crippen molar-refractivity contribution >= 4 is 0 Å². The van der Waals surface area contributed by atoms with Crippen molar-refractivity contribution in [3.8, 4) is 0 Å². The van der Waals surface area contributed by atoms with Crippen LogP contribution in [0.25, 0.3) is 0 Å². The number of aliphatic hydroxyl groups is 4. The quantitative estimate of drug-likeness (QED) is 0.429. The van der Waals surface area contributed by atoms with Gasteiger partial charge in [-0.1, -0.05) is 13.8 Å². The van der Waals surface area contributed by atoms with Gasteiger partial charge in [0.1, 0.15) is 0 Å². The second kappa shape index (κ2) is 7.14. The van der Waals surface area contributed by atoms with Crippen LogP contribution in [0.2, 0.25) is 0 Å². The third kappa shape index (κ3) is 4.90. The highest BCUT2D eigenvalue weighted by atomic mass is 16.6. The number of rotatable bonds is 7. The molecule has 15 heavy (non-hydrogen) atoms. The maximum Gasteiger partial charge on any atom is 0.160 e. The normalized spacial score (nSPS) is 20.0. The fourth-order valence-corrected chi connectivity index (χ4v) is 1.50. The molecule has 0 saturated heterocycles. The Kier molecular flexibility index (Phi) is 7.04. The average Bonchev–Trinajstić information content (AvgIpc) is 2.14. The van der Waals surface area contributed by atoms with Crippen LogP contribution in [0.3, 0.4) is 0 Å². The number of hydrogen-bond acceptors (Lipinski definition) is 5. The maximum atomic E-state index is 9.67. The van der Waals surface area contributed by atoms with Crippen LogP contribution in [-0.4, -0.2) is 52.1 Å². The van der Waals surface area contributed by atoms with Crippen molar-refractivity contribution in [2.45, 2.75) is 39.3 Å². The lowest BCUT2D eigenvalue weighted by atomic mass is 9.87. The van der Waals surface area contributed by atoms with E-state index in [1.165, 1.54) is 6.92 Å². The number of aliphatic hydroxyl groups excluding tert-OH is 4. The number of hydrogen-bond donors (Lipinski definition) is 4. The largest absolute Gasteiger partial charge is 0.394 e. The van der Waals surface area contributed by atoms with E-state index in [4.69, 9.17) is 9.84 Å². The summed E-state index contributed by atoms with van der Waals surface area (Å²) in [5, 5.41) is 37.1. The molecule has 0 rings (SSSR count). The second-order valence-corrected chi connectivity index (χ2v) is 4.04. The molecule has 0 aliphatic carbocycles. The number of ether oxygens (including phenoxy) is 1. The predicted molar refractivity (Wildman–Crippen MR) is 55.1 cm³/mol. The van der Waals surface area contributed by atoms with Crippen LogP contribution in [0, 0.1) is 11.8 Å². The summed E-state index contributed by atoms with van der Waals surface area (Å²) < 4.78 is 4.92. The van der Waals surface area contributed by atoms with Crippen LogP contribution in [0.4, 0.5) is 0 Å². The zero-order valence-corrected chi connectivity index (χ0v) is 9.50. The first-order valence-corrected chi connectivity index (χ1v) is 5.18. The fraction of sp³-hybridized carbons (Fsp3) is 1.00. The summed E-state index contributed by atoms with van der Waals surface area (Å²) in [5.41, 5.74) is 0. The van der Waals surface area contributed by atoms with Crippen LogP contribution >= 0.6 is 0 Å². The van der Waals surface area contributed by atoms with Crippen LogP contribution in [0.5, 0.6) is 0 Å². The smallest absolute Gasteiger partial charge is 0.160 e. The van der Waals surface area contributed by atoms with Crippen LogP contribution < -0.4 is 0 Å². The van der Waals surface area contributed by atoms with Gasteiger partial charge in [0.15, 0.2) is 6.29 Å². The summed E-state index contributed by atoms with van der Waals surface area (Å²) in [5.74, 6) is -0.611. The monoisotopic (exact) mass is 222 g/mol. The van der Waals surface area contributed by atoms with E-state index in [1.54, 1.807) is 0 Å². The van der Waals surface area contributed by atoms with Gasteiger partial charge in [-0.25, -0.2) is 0 Å². The van der Waals surface area contributed by atoms with Crippen molar-refractivity contribution in [3.05, 3.63) is 0 Å². The van der Waals surface area contributed by atoms with E-state index in [2.05, 4.69) is 0 Å². The molecule has 0 aromatic carbocycles. The molecule has 0 aliphatic heterocycles. The van der Waals surface area contributed by atoms with Gasteiger partial charge in [0.2, 0.25) is 0 Å². The lowest BCUT2D eigenvalue weighted by Crippen LogP contribution is -2.43. The molecular weight excluding hydrogens is 200 g/mol. The second-order valence-electron chi connectivity index (χ2n) is 4.04. The van der Waals surface area contributed by atoms with E-state index in [-0.39, 0.29) is 19.1 Å². The molecule has 0 bridgehead atoms. The fourth-order valence-electron chi connectivity index (χ4n) is 1.50. The molecule has 4 atom stereocenters. The van der Waals surface area contributed by atoms with E-state index in [1.807, 2.05) is 13.8 Å². The van der Waals surface area contributed by atoms with Crippen molar-refractivity contribution in [1.29, 1.82) is 0 Å². The summed E-state index contributed by atoms with van der Waals surface area (Å²) in [7, 11) is 0. The minimum Gasteiger partial charge on any atom is -0.394 e. The first-order valence-electron chi connectivity index (χ1n) is 5.18. The Bertz CT molecular complexity index is 160. The molecule has 0 aliphatic rings. The van der Waals surface area contributed by atoms with Crippen molar-refractivity contribution in [1.82, 2.24) is 0 Å². The Morgan fingerprint density at radius 2 is 1.60 bits per heavy atom. The summed E-state index contributed by atoms with van der Waals surface area (Å²) >= 11 is 0. The third-order valence-electron chi connectivity index (χ3n) is 2.37. The van der Waals surface area contributed by atoms with Crippen LogP contribution in [-0.2, 0) is 4.74 Å². The first-order chi connectivity index (χ1) is 6.91. The minimum absolute atomic E-state index is 0.0108. The molecule has 0 spiro atoms. The maximum absolute atomic E-state index is 9.67. The summed E-state index contributed by atoms with van der Waals surface area (Å²) in [6.45, 7) is 4.92. The Labute approximate surface area is 90.3 Å². The molecule has 4 unspecified atom stereocenters. The minimum atomic E-state index is -1.18. The van der Waals surface area contributed by atoms with Crippen molar-refractivity contribution < 1.29 is 25.2 Å². The van der Waals surface area contributed by atoms with Crippen molar-refractivity contribution in [3.63, 3.8) is 0 Å².